The van der Waals surface area contributed by atoms with Crippen LogP contribution in [0.3, 0.4) is 0 Å². The smallest absolute Gasteiger partial charge is 0.865 e. The van der Waals surface area contributed by atoms with Gasteiger partial charge in [-0.1, -0.05) is 55.2 Å². The molecule has 0 saturated heterocycles. The average molecular weight is 635 g/mol. The minimum absolute atomic E-state index is 0. The largest absolute Gasteiger partial charge is 2.00 e. The van der Waals surface area contributed by atoms with E-state index in [9.17, 15) is 5.11 Å². The summed E-state index contributed by atoms with van der Waals surface area (Å²) in [5, 5.41) is 19.3. The van der Waals surface area contributed by atoms with Crippen LogP contribution < -0.4 is 5.11 Å². The summed E-state index contributed by atoms with van der Waals surface area (Å²) in [5.41, 5.74) is 0.870. The van der Waals surface area contributed by atoms with Gasteiger partial charge in [0.2, 0.25) is 0 Å². The van der Waals surface area contributed by atoms with E-state index in [-0.39, 0.29) is 37.9 Å². The van der Waals surface area contributed by atoms with Gasteiger partial charge in [0.05, 0.1) is 32.9 Å². The van der Waals surface area contributed by atoms with Crippen molar-refractivity contribution < 1.29 is 21.6 Å². The molecule has 0 heterocycles. The Balaban J connectivity index is 0.000000273. The van der Waals surface area contributed by atoms with Crippen LogP contribution in [0.4, 0.5) is 0 Å². The summed E-state index contributed by atoms with van der Waals surface area (Å²) >= 11 is 0. The minimum Gasteiger partial charge on any atom is -0.865 e. The van der Waals surface area contributed by atoms with Crippen LogP contribution in [-0.4, -0.2) is 38.5 Å². The molecule has 0 radical (unpaired) electrons. The molecule has 0 unspecified atom stereocenters. The van der Waals surface area contributed by atoms with Crippen LogP contribution in [0.15, 0.2) is 30.3 Å². The molecular weight excluding hydrogens is 571 g/mol. The Morgan fingerprint density at radius 2 is 1.00 bits per heavy atom. The molecule has 1 aromatic carbocycles. The van der Waals surface area contributed by atoms with E-state index in [0.717, 1.165) is 23.3 Å². The van der Waals surface area contributed by atoms with E-state index < -0.39 is 6.23 Å². The van der Waals surface area contributed by atoms with E-state index in [4.69, 9.17) is 5.32 Å². The Morgan fingerprint density at radius 1 is 0.675 bits per heavy atom. The molecule has 0 amide bonds. The molecule has 0 aromatic heterocycles. The van der Waals surface area contributed by atoms with Crippen molar-refractivity contribution in [1.82, 2.24) is 0 Å². The second-order valence-electron chi connectivity index (χ2n) is 17.5. The Bertz CT molecular complexity index is 811. The Hall–Kier alpha value is 0.494. The molecule has 4 fully saturated rings. The van der Waals surface area contributed by atoms with Gasteiger partial charge < -0.3 is 10.4 Å². The third-order valence-electron chi connectivity index (χ3n) is 9.73. The van der Waals surface area contributed by atoms with Gasteiger partial charge >= 0.3 is 16.5 Å². The molecule has 4 aliphatic carbocycles. The predicted octanol–water partition coefficient (Wildman–Crippen LogP) is 9.99. The first kappa shape index (κ1) is 36.7. The fourth-order valence-corrected chi connectivity index (χ4v) is 18.7. The van der Waals surface area contributed by atoms with Gasteiger partial charge in [0, 0.05) is 15.8 Å². The van der Waals surface area contributed by atoms with Gasteiger partial charge in [-0.2, -0.15) is 0 Å². The van der Waals surface area contributed by atoms with Crippen molar-refractivity contribution >= 4 is 15.8 Å². The Morgan fingerprint density at radius 3 is 1.30 bits per heavy atom. The van der Waals surface area contributed by atoms with E-state index in [1.165, 1.54) is 50.8 Å². The molecule has 0 spiro atoms. The number of hydrogen-bond acceptors (Lipinski definition) is 1. The summed E-state index contributed by atoms with van der Waals surface area (Å²) in [6.45, 7) is 29.6. The van der Waals surface area contributed by atoms with Crippen LogP contribution in [0.25, 0.3) is 5.32 Å². The molecule has 1 atom stereocenters. The van der Waals surface area contributed by atoms with Gasteiger partial charge in [-0.3, -0.25) is 0 Å². The number of hydrogen-bond donors (Lipinski definition) is 0. The van der Waals surface area contributed by atoms with E-state index in [1.54, 1.807) is 0 Å². The molecule has 4 bridgehead atoms. The topological polar surface area (TPSA) is 37.2 Å². The fourth-order valence-electron chi connectivity index (χ4n) is 9.16. The molecular formula is C35H63NNiOP2+2. The van der Waals surface area contributed by atoms with Gasteiger partial charge in [-0.05, 0) is 120 Å². The van der Waals surface area contributed by atoms with Crippen molar-refractivity contribution in [1.29, 1.82) is 0 Å². The van der Waals surface area contributed by atoms with Crippen LogP contribution in [0.5, 0.6) is 0 Å². The average Bonchev–Trinajstić information content (AvgIpc) is 2.73. The van der Waals surface area contributed by atoms with Crippen molar-refractivity contribution in [2.75, 3.05) is 12.3 Å². The second-order valence-corrected chi connectivity index (χ2v) is 26.4. The maximum Gasteiger partial charge on any atom is 2.00 e. The van der Waals surface area contributed by atoms with Gasteiger partial charge in [0.15, 0.2) is 0 Å². The zero-order valence-electron chi connectivity index (χ0n) is 28.0. The molecule has 2 nitrogen and oxygen atoms in total. The summed E-state index contributed by atoms with van der Waals surface area (Å²) in [7, 11) is -0.729. The molecule has 232 valence electrons. The Labute approximate surface area is 261 Å². The summed E-state index contributed by atoms with van der Waals surface area (Å²) in [6, 6.07) is 9.68. The predicted molar refractivity (Wildman–Crippen MR) is 179 cm³/mol. The van der Waals surface area contributed by atoms with Gasteiger partial charge in [-0.15, -0.1) is 5.54 Å². The van der Waals surface area contributed by atoms with Crippen molar-refractivity contribution in [3.05, 3.63) is 41.2 Å². The molecule has 5 heteroatoms. The molecule has 40 heavy (non-hydrogen) atoms. The van der Waals surface area contributed by atoms with Crippen LogP contribution >= 0.6 is 15.8 Å². The van der Waals surface area contributed by atoms with Crippen molar-refractivity contribution in [2.24, 2.45) is 17.8 Å². The summed E-state index contributed by atoms with van der Waals surface area (Å²) in [5.74, 6) is 2.58. The molecule has 4 aliphatic rings. The van der Waals surface area contributed by atoms with Gasteiger partial charge in [0.25, 0.3) is 0 Å². The summed E-state index contributed by atoms with van der Waals surface area (Å²) < 4.78 is 0. The van der Waals surface area contributed by atoms with E-state index in [0.29, 0.717) is 20.6 Å². The SMILES string of the molecule is CC(C)(C)[PH+](CC[PH+](C(C)(C)C)C(C)(C)C)C(C)(C)C.[Ni+2].[O-][C@H]([N-]C12CC3CC(CC(C3)C1)C2)c1ccccc1. The van der Waals surface area contributed by atoms with Crippen LogP contribution in [0.1, 0.15) is 133 Å². The summed E-state index contributed by atoms with van der Waals surface area (Å²) in [6.07, 6.45) is 9.87. The fraction of sp³-hybridized carbons (Fsp3) is 0.829. The van der Waals surface area contributed by atoms with E-state index in [2.05, 4.69) is 83.1 Å². The Kier molecular flexibility index (Phi) is 12.5. The first-order valence-corrected chi connectivity index (χ1v) is 19.3. The normalized spacial score (nSPS) is 27.3. The van der Waals surface area contributed by atoms with Crippen LogP contribution in [0, 0.1) is 17.8 Å². The first-order valence-electron chi connectivity index (χ1n) is 15.9. The standard InChI is InChI=1S/C18H40P2.C17H21NO.Ni/c1-15(2,3)19(16(4,5)6)13-14-20(17(7,8)9)18(10,11)12;19-16(15-4-2-1-3-5-15)18-17-9-12-6-13(10-17)8-14(7-12)11-17;/h13-14H2,1-12H3;1-5,12-14,16H,6-11H2;/q;-2;+2/p+2/t;12?,13?,14?,16-,17?;/m.0./s1. The zero-order chi connectivity index (χ0) is 29.4. The molecule has 0 N–H and O–H groups in total. The van der Waals surface area contributed by atoms with E-state index in [1.807, 2.05) is 30.3 Å². The monoisotopic (exact) mass is 633 g/mol. The third-order valence-corrected chi connectivity index (χ3v) is 19.0. The molecule has 1 aromatic rings. The molecule has 4 saturated carbocycles. The number of nitrogens with zero attached hydrogens (tertiary/aromatic N) is 1. The van der Waals surface area contributed by atoms with Crippen molar-refractivity contribution in [2.45, 2.75) is 154 Å². The van der Waals surface area contributed by atoms with Crippen molar-refractivity contribution in [3.8, 4) is 0 Å². The van der Waals surface area contributed by atoms with E-state index >= 15 is 0 Å². The molecule has 5 rings (SSSR count). The molecule has 0 aliphatic heterocycles. The minimum atomic E-state index is -0.877. The maximum atomic E-state index is 12.4. The second kappa shape index (κ2) is 13.6. The third kappa shape index (κ3) is 10.0. The van der Waals surface area contributed by atoms with Gasteiger partial charge in [-0.25, -0.2) is 6.23 Å². The van der Waals surface area contributed by atoms with Gasteiger partial charge in [0.1, 0.15) is 0 Å². The quantitative estimate of drug-likeness (QED) is 0.227. The number of rotatable bonds is 6. The van der Waals surface area contributed by atoms with Crippen LogP contribution in [-0.2, 0) is 16.5 Å². The van der Waals surface area contributed by atoms with Crippen LogP contribution in [0.2, 0.25) is 0 Å². The first-order chi connectivity index (χ1) is 17.7. The van der Waals surface area contributed by atoms with Crippen molar-refractivity contribution in [3.63, 3.8) is 0 Å². The number of benzene rings is 1. The summed E-state index contributed by atoms with van der Waals surface area (Å²) in [4.78, 5) is 0. The maximum absolute atomic E-state index is 12.4. The zero-order valence-corrected chi connectivity index (χ0v) is 31.0.